The lowest BCUT2D eigenvalue weighted by Crippen LogP contribution is -2.35. The fraction of sp³-hybridized carbons (Fsp3) is 0.571. The van der Waals surface area contributed by atoms with E-state index in [-0.39, 0.29) is 11.7 Å². The summed E-state index contributed by atoms with van der Waals surface area (Å²) in [6.45, 7) is 4.35. The monoisotopic (exact) mass is 317 g/mol. The molecule has 4 heteroatoms. The molecule has 2 rings (SSSR count). The highest BCUT2D eigenvalue weighted by atomic mass is 79.9. The van der Waals surface area contributed by atoms with Crippen molar-refractivity contribution >= 4 is 21.6 Å². The fourth-order valence-corrected chi connectivity index (χ4v) is 3.05. The lowest BCUT2D eigenvalue weighted by atomic mass is 9.78. The number of anilines is 1. The molecular formula is C14H18BrF2N. The van der Waals surface area contributed by atoms with Gasteiger partial charge >= 0.3 is 0 Å². The summed E-state index contributed by atoms with van der Waals surface area (Å²) in [5.74, 6) is -0.0429. The van der Waals surface area contributed by atoms with Gasteiger partial charge in [0.25, 0.3) is 0 Å². The van der Waals surface area contributed by atoms with Crippen LogP contribution >= 0.6 is 15.9 Å². The summed E-state index contributed by atoms with van der Waals surface area (Å²) in [4.78, 5) is 0. The van der Waals surface area contributed by atoms with Gasteiger partial charge in [-0.1, -0.05) is 42.6 Å². The van der Waals surface area contributed by atoms with E-state index in [9.17, 15) is 8.78 Å². The molecule has 0 bridgehead atoms. The molecule has 0 spiro atoms. The average Bonchev–Trinajstić information content (AvgIpc) is 2.28. The van der Waals surface area contributed by atoms with Crippen LogP contribution < -0.4 is 5.32 Å². The molecule has 0 radical (unpaired) electrons. The third-order valence-corrected chi connectivity index (χ3v) is 4.50. The first-order valence-corrected chi connectivity index (χ1v) is 7.19. The number of halogens is 3. The van der Waals surface area contributed by atoms with Gasteiger partial charge < -0.3 is 5.32 Å². The van der Waals surface area contributed by atoms with Crippen LogP contribution in [0, 0.1) is 23.5 Å². The van der Waals surface area contributed by atoms with Crippen LogP contribution in [0.15, 0.2) is 16.6 Å². The van der Waals surface area contributed by atoms with Gasteiger partial charge in [0.15, 0.2) is 0 Å². The Labute approximate surface area is 115 Å². The summed E-state index contributed by atoms with van der Waals surface area (Å²) in [5, 5.41) is 3.05. The van der Waals surface area contributed by atoms with Crippen LogP contribution in [-0.4, -0.2) is 6.04 Å². The summed E-state index contributed by atoms with van der Waals surface area (Å²) in [6, 6.07) is 2.74. The van der Waals surface area contributed by atoms with Crippen LogP contribution in [0.1, 0.15) is 33.1 Å². The molecule has 18 heavy (non-hydrogen) atoms. The topological polar surface area (TPSA) is 12.0 Å². The Kier molecular flexibility index (Phi) is 4.25. The van der Waals surface area contributed by atoms with Gasteiger partial charge in [0.2, 0.25) is 0 Å². The van der Waals surface area contributed by atoms with Crippen molar-refractivity contribution in [1.82, 2.24) is 0 Å². The lowest BCUT2D eigenvalue weighted by molar-refractivity contribution is 0.252. The maximum Gasteiger partial charge on any atom is 0.150 e. The maximum absolute atomic E-state index is 13.8. The molecule has 1 aliphatic carbocycles. The minimum Gasteiger partial charge on any atom is -0.377 e. The predicted molar refractivity (Wildman–Crippen MR) is 73.6 cm³/mol. The third-order valence-electron chi connectivity index (χ3n) is 4.04. The number of rotatable bonds is 2. The van der Waals surface area contributed by atoms with E-state index in [1.807, 2.05) is 0 Å². The third kappa shape index (κ3) is 2.85. The summed E-state index contributed by atoms with van der Waals surface area (Å²) < 4.78 is 27.9. The molecule has 0 aromatic heterocycles. The minimum atomic E-state index is -0.535. The van der Waals surface area contributed by atoms with Gasteiger partial charge in [-0.25, -0.2) is 8.78 Å². The zero-order valence-electron chi connectivity index (χ0n) is 10.6. The zero-order valence-corrected chi connectivity index (χ0v) is 12.2. The van der Waals surface area contributed by atoms with Crippen LogP contribution in [0.2, 0.25) is 0 Å². The Bertz CT molecular complexity index is 413. The molecule has 1 aromatic rings. The smallest absolute Gasteiger partial charge is 0.150 e. The van der Waals surface area contributed by atoms with Crippen LogP contribution in [0.4, 0.5) is 14.5 Å². The Hall–Kier alpha value is -0.640. The zero-order chi connectivity index (χ0) is 13.3. The highest BCUT2D eigenvalue weighted by Crippen LogP contribution is 2.33. The van der Waals surface area contributed by atoms with E-state index >= 15 is 0 Å². The van der Waals surface area contributed by atoms with Crippen LogP contribution in [-0.2, 0) is 0 Å². The van der Waals surface area contributed by atoms with Gasteiger partial charge in [-0.3, -0.25) is 0 Å². The minimum absolute atomic E-state index is 0.00384. The Morgan fingerprint density at radius 1 is 1.17 bits per heavy atom. The van der Waals surface area contributed by atoms with Crippen molar-refractivity contribution in [3.63, 3.8) is 0 Å². The molecule has 3 unspecified atom stereocenters. The van der Waals surface area contributed by atoms with Gasteiger partial charge in [-0.15, -0.1) is 0 Å². The van der Waals surface area contributed by atoms with Crippen molar-refractivity contribution in [2.45, 2.75) is 39.2 Å². The van der Waals surface area contributed by atoms with Crippen molar-refractivity contribution in [3.05, 3.63) is 28.2 Å². The first-order valence-electron chi connectivity index (χ1n) is 6.40. The maximum atomic E-state index is 13.8. The highest BCUT2D eigenvalue weighted by Gasteiger charge is 2.28. The van der Waals surface area contributed by atoms with E-state index in [2.05, 4.69) is 35.1 Å². The van der Waals surface area contributed by atoms with Gasteiger partial charge in [0, 0.05) is 10.5 Å². The number of benzene rings is 1. The van der Waals surface area contributed by atoms with Gasteiger partial charge in [-0.2, -0.15) is 0 Å². The SMILES string of the molecule is CC1CCCC(Nc2c(F)cc(Br)cc2F)C1C. The molecule has 3 atom stereocenters. The van der Waals surface area contributed by atoms with Crippen LogP contribution in [0.25, 0.3) is 0 Å². The lowest BCUT2D eigenvalue weighted by Gasteiger charge is -2.35. The molecule has 1 aromatic carbocycles. The summed E-state index contributed by atoms with van der Waals surface area (Å²) in [5.41, 5.74) is 0.00384. The highest BCUT2D eigenvalue weighted by molar-refractivity contribution is 9.10. The first kappa shape index (κ1) is 13.8. The van der Waals surface area contributed by atoms with E-state index in [1.54, 1.807) is 0 Å². The quantitative estimate of drug-likeness (QED) is 0.812. The Morgan fingerprint density at radius 3 is 2.39 bits per heavy atom. The molecule has 0 aliphatic heterocycles. The molecule has 1 saturated carbocycles. The van der Waals surface area contributed by atoms with E-state index in [4.69, 9.17) is 0 Å². The molecule has 0 saturated heterocycles. The summed E-state index contributed by atoms with van der Waals surface area (Å²) >= 11 is 3.09. The Balaban J connectivity index is 2.18. The summed E-state index contributed by atoms with van der Waals surface area (Å²) in [7, 11) is 0. The molecule has 1 fully saturated rings. The number of hydrogen-bond acceptors (Lipinski definition) is 1. The summed E-state index contributed by atoms with van der Waals surface area (Å²) in [6.07, 6.45) is 3.29. The van der Waals surface area contributed by atoms with Gasteiger partial charge in [0.1, 0.15) is 17.3 Å². The molecular weight excluding hydrogens is 300 g/mol. The van der Waals surface area contributed by atoms with E-state index in [1.165, 1.54) is 18.6 Å². The van der Waals surface area contributed by atoms with Crippen molar-refractivity contribution in [2.24, 2.45) is 11.8 Å². The molecule has 1 N–H and O–H groups in total. The van der Waals surface area contributed by atoms with Crippen molar-refractivity contribution in [1.29, 1.82) is 0 Å². The molecule has 1 aliphatic rings. The van der Waals surface area contributed by atoms with Crippen molar-refractivity contribution < 1.29 is 8.78 Å². The fourth-order valence-electron chi connectivity index (χ4n) is 2.65. The normalized spacial score (nSPS) is 28.2. The second kappa shape index (κ2) is 5.55. The second-order valence-corrected chi connectivity index (χ2v) is 6.18. The number of hydrogen-bond donors (Lipinski definition) is 1. The molecule has 0 heterocycles. The van der Waals surface area contributed by atoms with E-state index < -0.39 is 11.6 Å². The van der Waals surface area contributed by atoms with Crippen molar-refractivity contribution in [2.75, 3.05) is 5.32 Å². The van der Waals surface area contributed by atoms with E-state index in [0.29, 0.717) is 16.3 Å². The van der Waals surface area contributed by atoms with Crippen LogP contribution in [0.5, 0.6) is 0 Å². The molecule has 100 valence electrons. The standard InChI is InChI=1S/C14H18BrF2N/c1-8-4-3-5-13(9(8)2)18-14-11(16)6-10(15)7-12(14)17/h6-9,13,18H,3-5H2,1-2H3. The largest absolute Gasteiger partial charge is 0.377 e. The van der Waals surface area contributed by atoms with Gasteiger partial charge in [0.05, 0.1) is 0 Å². The van der Waals surface area contributed by atoms with Gasteiger partial charge in [-0.05, 0) is 30.4 Å². The van der Waals surface area contributed by atoms with Crippen LogP contribution in [0.3, 0.4) is 0 Å². The molecule has 1 nitrogen and oxygen atoms in total. The van der Waals surface area contributed by atoms with E-state index in [0.717, 1.165) is 12.8 Å². The average molecular weight is 318 g/mol. The first-order chi connectivity index (χ1) is 8.49. The second-order valence-electron chi connectivity index (χ2n) is 5.26. The van der Waals surface area contributed by atoms with Crippen molar-refractivity contribution in [3.8, 4) is 0 Å². The number of nitrogens with one attached hydrogen (secondary N) is 1. The molecule has 0 amide bonds. The predicted octanol–water partition coefficient (Wildman–Crippen LogP) is 4.96. The Morgan fingerprint density at radius 2 is 1.78 bits per heavy atom.